The van der Waals surface area contributed by atoms with Crippen LogP contribution < -0.4 is 5.32 Å². The molecule has 1 aliphatic heterocycles. The Bertz CT molecular complexity index is 554. The summed E-state index contributed by atoms with van der Waals surface area (Å²) < 4.78 is 5.76. The van der Waals surface area contributed by atoms with E-state index in [1.165, 1.54) is 11.1 Å². The highest BCUT2D eigenvalue weighted by Gasteiger charge is 2.17. The van der Waals surface area contributed by atoms with Crippen LogP contribution in [0.1, 0.15) is 5.56 Å². The van der Waals surface area contributed by atoms with Crippen LogP contribution in [0.25, 0.3) is 11.3 Å². The van der Waals surface area contributed by atoms with E-state index in [9.17, 15) is 0 Å². The topological polar surface area (TPSA) is 53.2 Å². The van der Waals surface area contributed by atoms with Crippen molar-refractivity contribution in [3.05, 3.63) is 42.1 Å². The van der Waals surface area contributed by atoms with Gasteiger partial charge in [0.1, 0.15) is 0 Å². The molecule has 1 aromatic heterocycles. The molecule has 112 valence electrons. The van der Waals surface area contributed by atoms with Crippen LogP contribution in [0.15, 0.2) is 36.5 Å². The SMILES string of the molecule is CN1CCOC(CNCc2cn[nH]c2-c2ccccc2)C1. The maximum atomic E-state index is 5.76. The Morgan fingerprint density at radius 1 is 1.38 bits per heavy atom. The van der Waals surface area contributed by atoms with Crippen molar-refractivity contribution in [1.82, 2.24) is 20.4 Å². The molecule has 2 heterocycles. The van der Waals surface area contributed by atoms with Crippen LogP contribution in [0.4, 0.5) is 0 Å². The summed E-state index contributed by atoms with van der Waals surface area (Å²) >= 11 is 0. The number of benzene rings is 1. The number of morpholine rings is 1. The summed E-state index contributed by atoms with van der Waals surface area (Å²) in [6.45, 7) is 4.50. The monoisotopic (exact) mass is 286 g/mol. The van der Waals surface area contributed by atoms with E-state index in [1.54, 1.807) is 0 Å². The minimum absolute atomic E-state index is 0.274. The van der Waals surface area contributed by atoms with Crippen LogP contribution in [0, 0.1) is 0 Å². The fourth-order valence-corrected chi connectivity index (χ4v) is 2.66. The summed E-state index contributed by atoms with van der Waals surface area (Å²) in [4.78, 5) is 2.31. The van der Waals surface area contributed by atoms with Gasteiger partial charge in [0, 0.05) is 31.7 Å². The number of ether oxygens (including phenoxy) is 1. The summed E-state index contributed by atoms with van der Waals surface area (Å²) in [5.74, 6) is 0. The number of hydrogen-bond donors (Lipinski definition) is 2. The van der Waals surface area contributed by atoms with Crippen molar-refractivity contribution in [1.29, 1.82) is 0 Å². The summed E-state index contributed by atoms with van der Waals surface area (Å²) in [5, 5.41) is 10.7. The minimum atomic E-state index is 0.274. The first kappa shape index (κ1) is 14.3. The third-order valence-corrected chi connectivity index (χ3v) is 3.81. The summed E-state index contributed by atoms with van der Waals surface area (Å²) in [6.07, 6.45) is 2.17. The largest absolute Gasteiger partial charge is 0.374 e. The van der Waals surface area contributed by atoms with E-state index in [0.29, 0.717) is 0 Å². The zero-order valence-corrected chi connectivity index (χ0v) is 12.4. The maximum Gasteiger partial charge on any atom is 0.0826 e. The van der Waals surface area contributed by atoms with Gasteiger partial charge in [-0.3, -0.25) is 5.10 Å². The smallest absolute Gasteiger partial charge is 0.0826 e. The van der Waals surface area contributed by atoms with Crippen molar-refractivity contribution in [2.24, 2.45) is 0 Å². The molecular weight excluding hydrogens is 264 g/mol. The van der Waals surface area contributed by atoms with Gasteiger partial charge in [0.05, 0.1) is 24.6 Å². The second-order valence-corrected chi connectivity index (χ2v) is 5.52. The first-order chi connectivity index (χ1) is 10.3. The van der Waals surface area contributed by atoms with Gasteiger partial charge in [0.2, 0.25) is 0 Å². The van der Waals surface area contributed by atoms with Crippen molar-refractivity contribution < 1.29 is 4.74 Å². The predicted molar refractivity (Wildman–Crippen MR) is 83.0 cm³/mol. The van der Waals surface area contributed by atoms with Gasteiger partial charge in [-0.25, -0.2) is 0 Å². The number of aromatic amines is 1. The fourth-order valence-electron chi connectivity index (χ4n) is 2.66. The van der Waals surface area contributed by atoms with Gasteiger partial charge in [0.25, 0.3) is 0 Å². The highest BCUT2D eigenvalue weighted by molar-refractivity contribution is 5.62. The lowest BCUT2D eigenvalue weighted by Crippen LogP contribution is -2.44. The summed E-state index contributed by atoms with van der Waals surface area (Å²) in [7, 11) is 2.14. The third kappa shape index (κ3) is 3.69. The van der Waals surface area contributed by atoms with Crippen LogP contribution in [0.3, 0.4) is 0 Å². The van der Waals surface area contributed by atoms with Gasteiger partial charge in [-0.15, -0.1) is 0 Å². The lowest BCUT2D eigenvalue weighted by atomic mass is 10.1. The first-order valence-electron chi connectivity index (χ1n) is 7.41. The lowest BCUT2D eigenvalue weighted by molar-refractivity contribution is -0.0182. The lowest BCUT2D eigenvalue weighted by Gasteiger charge is -2.30. The zero-order valence-electron chi connectivity index (χ0n) is 12.4. The minimum Gasteiger partial charge on any atom is -0.374 e. The number of rotatable bonds is 5. The van der Waals surface area contributed by atoms with Crippen LogP contribution in [-0.4, -0.2) is 54.5 Å². The Balaban J connectivity index is 1.55. The van der Waals surface area contributed by atoms with E-state index in [4.69, 9.17) is 4.74 Å². The van der Waals surface area contributed by atoms with Gasteiger partial charge >= 0.3 is 0 Å². The van der Waals surface area contributed by atoms with Crippen LogP contribution >= 0.6 is 0 Å². The fraction of sp³-hybridized carbons (Fsp3) is 0.438. The molecule has 1 aliphatic rings. The molecule has 3 rings (SSSR count). The van der Waals surface area contributed by atoms with Gasteiger partial charge in [-0.2, -0.15) is 5.10 Å². The van der Waals surface area contributed by atoms with E-state index in [1.807, 2.05) is 24.4 Å². The Morgan fingerprint density at radius 3 is 3.05 bits per heavy atom. The molecule has 5 nitrogen and oxygen atoms in total. The standard InChI is InChI=1S/C16H22N4O/c1-20-7-8-21-15(12-20)11-17-9-14-10-18-19-16(14)13-5-3-2-4-6-13/h2-6,10,15,17H,7-9,11-12H2,1H3,(H,18,19). The molecule has 0 spiro atoms. The van der Waals surface area contributed by atoms with Crippen molar-refractivity contribution in [2.45, 2.75) is 12.6 Å². The highest BCUT2D eigenvalue weighted by Crippen LogP contribution is 2.20. The highest BCUT2D eigenvalue weighted by atomic mass is 16.5. The quantitative estimate of drug-likeness (QED) is 0.874. The normalized spacial score (nSPS) is 19.8. The van der Waals surface area contributed by atoms with Gasteiger partial charge in [-0.05, 0) is 12.6 Å². The third-order valence-electron chi connectivity index (χ3n) is 3.81. The van der Waals surface area contributed by atoms with E-state index in [2.05, 4.69) is 39.6 Å². The molecule has 1 fully saturated rings. The van der Waals surface area contributed by atoms with Crippen molar-refractivity contribution in [2.75, 3.05) is 33.3 Å². The molecule has 2 N–H and O–H groups in total. The van der Waals surface area contributed by atoms with Crippen LogP contribution in [-0.2, 0) is 11.3 Å². The van der Waals surface area contributed by atoms with E-state index >= 15 is 0 Å². The molecule has 2 aromatic rings. The number of likely N-dealkylation sites (N-methyl/N-ethyl adjacent to an activating group) is 1. The molecule has 1 unspecified atom stereocenters. The molecule has 0 bridgehead atoms. The molecule has 5 heteroatoms. The second kappa shape index (κ2) is 6.85. The summed E-state index contributed by atoms with van der Waals surface area (Å²) in [5.41, 5.74) is 3.44. The molecule has 1 saturated heterocycles. The van der Waals surface area contributed by atoms with Gasteiger partial charge in [-0.1, -0.05) is 30.3 Å². The molecule has 0 radical (unpaired) electrons. The Kier molecular flexibility index (Phi) is 4.65. The van der Waals surface area contributed by atoms with E-state index in [-0.39, 0.29) is 6.10 Å². The van der Waals surface area contributed by atoms with Crippen molar-refractivity contribution in [3.8, 4) is 11.3 Å². The number of H-pyrrole nitrogens is 1. The van der Waals surface area contributed by atoms with Crippen molar-refractivity contribution >= 4 is 0 Å². The van der Waals surface area contributed by atoms with Crippen molar-refractivity contribution in [3.63, 3.8) is 0 Å². The Labute approximate surface area is 125 Å². The average Bonchev–Trinajstić information content (AvgIpc) is 2.97. The van der Waals surface area contributed by atoms with Gasteiger partial charge in [0.15, 0.2) is 0 Å². The molecular formula is C16H22N4O. The number of hydrogen-bond acceptors (Lipinski definition) is 4. The van der Waals surface area contributed by atoms with E-state index < -0.39 is 0 Å². The molecule has 1 aromatic carbocycles. The van der Waals surface area contributed by atoms with E-state index in [0.717, 1.165) is 38.5 Å². The van der Waals surface area contributed by atoms with Crippen LogP contribution in [0.2, 0.25) is 0 Å². The molecule has 0 aliphatic carbocycles. The van der Waals surface area contributed by atoms with Crippen LogP contribution in [0.5, 0.6) is 0 Å². The molecule has 1 atom stereocenters. The molecule has 0 saturated carbocycles. The zero-order chi connectivity index (χ0) is 14.5. The molecule has 0 amide bonds. The number of aromatic nitrogens is 2. The second-order valence-electron chi connectivity index (χ2n) is 5.52. The van der Waals surface area contributed by atoms with Gasteiger partial charge < -0.3 is 15.0 Å². The molecule has 21 heavy (non-hydrogen) atoms. The first-order valence-corrected chi connectivity index (χ1v) is 7.41. The maximum absolute atomic E-state index is 5.76. The Hall–Kier alpha value is -1.69. The number of nitrogens with zero attached hydrogens (tertiary/aromatic N) is 2. The average molecular weight is 286 g/mol. The summed E-state index contributed by atoms with van der Waals surface area (Å²) in [6, 6.07) is 10.3. The predicted octanol–water partition coefficient (Wildman–Crippen LogP) is 1.50. The Morgan fingerprint density at radius 2 is 2.24 bits per heavy atom. The number of nitrogens with one attached hydrogen (secondary N) is 2.